The Morgan fingerprint density at radius 3 is 2.60 bits per heavy atom. The number of aromatic nitrogens is 3. The molecular weight excluding hydrogens is 396 g/mol. The first kappa shape index (κ1) is 20.0. The van der Waals surface area contributed by atoms with Crippen molar-refractivity contribution >= 4 is 17.7 Å². The van der Waals surface area contributed by atoms with Gasteiger partial charge < -0.3 is 9.73 Å². The molecule has 0 saturated heterocycles. The lowest BCUT2D eigenvalue weighted by atomic mass is 10.1. The van der Waals surface area contributed by atoms with E-state index in [1.807, 2.05) is 78.2 Å². The topological polar surface area (TPSA) is 73.0 Å². The minimum absolute atomic E-state index is 0.0444. The molecule has 2 aromatic carbocycles. The summed E-state index contributed by atoms with van der Waals surface area (Å²) in [5.74, 6) is 1.77. The van der Waals surface area contributed by atoms with Gasteiger partial charge in [-0.1, -0.05) is 66.4 Å². The van der Waals surface area contributed by atoms with E-state index >= 15 is 0 Å². The van der Waals surface area contributed by atoms with Crippen LogP contribution in [0.5, 0.6) is 0 Å². The molecule has 4 aromatic rings. The minimum atomic E-state index is -0.0444. The second-order valence-electron chi connectivity index (χ2n) is 6.83. The first-order valence-corrected chi connectivity index (χ1v) is 10.6. The SMILES string of the molecule is Cc1ccccc1CNC(=O)CSc1nnc(-c2ccccc2)n1Cc1ccco1. The summed E-state index contributed by atoms with van der Waals surface area (Å²) in [6, 6.07) is 21.7. The fraction of sp³-hybridized carbons (Fsp3) is 0.174. The first-order chi connectivity index (χ1) is 14.7. The Balaban J connectivity index is 1.46. The highest BCUT2D eigenvalue weighted by molar-refractivity contribution is 7.99. The molecule has 0 aliphatic heterocycles. The van der Waals surface area contributed by atoms with Gasteiger partial charge in [0.15, 0.2) is 11.0 Å². The molecule has 0 saturated carbocycles. The van der Waals surface area contributed by atoms with Crippen molar-refractivity contribution in [2.75, 3.05) is 5.75 Å². The quantitative estimate of drug-likeness (QED) is 0.432. The van der Waals surface area contributed by atoms with Crippen LogP contribution in [0.2, 0.25) is 0 Å². The summed E-state index contributed by atoms with van der Waals surface area (Å²) in [5, 5.41) is 12.4. The van der Waals surface area contributed by atoms with Crippen molar-refractivity contribution in [3.63, 3.8) is 0 Å². The number of rotatable bonds is 8. The van der Waals surface area contributed by atoms with E-state index in [9.17, 15) is 4.79 Å². The number of carbonyl (C=O) groups excluding carboxylic acids is 1. The van der Waals surface area contributed by atoms with Crippen LogP contribution in [-0.4, -0.2) is 26.4 Å². The van der Waals surface area contributed by atoms with Gasteiger partial charge in [-0.2, -0.15) is 0 Å². The number of nitrogens with zero attached hydrogens (tertiary/aromatic N) is 3. The molecule has 1 amide bonds. The standard InChI is InChI=1S/C23H22N4O2S/c1-17-8-5-6-11-19(17)14-24-21(28)16-30-23-26-25-22(18-9-3-2-4-10-18)27(23)15-20-12-7-13-29-20/h2-13H,14-16H2,1H3,(H,24,28). The molecule has 0 aliphatic rings. The van der Waals surface area contributed by atoms with Gasteiger partial charge in [-0.25, -0.2) is 0 Å². The molecule has 4 rings (SSSR count). The van der Waals surface area contributed by atoms with Crippen molar-refractivity contribution < 1.29 is 9.21 Å². The number of amides is 1. The van der Waals surface area contributed by atoms with Gasteiger partial charge in [0.25, 0.3) is 0 Å². The number of hydrogen-bond acceptors (Lipinski definition) is 5. The van der Waals surface area contributed by atoms with Gasteiger partial charge in [0, 0.05) is 12.1 Å². The average Bonchev–Trinajstić information content (AvgIpc) is 3.43. The Labute approximate surface area is 179 Å². The molecule has 2 aromatic heterocycles. The van der Waals surface area contributed by atoms with Crippen LogP contribution in [0.25, 0.3) is 11.4 Å². The van der Waals surface area contributed by atoms with E-state index in [2.05, 4.69) is 15.5 Å². The number of furan rings is 1. The summed E-state index contributed by atoms with van der Waals surface area (Å²) in [6.45, 7) is 3.05. The molecule has 0 spiro atoms. The lowest BCUT2D eigenvalue weighted by molar-refractivity contribution is -0.118. The molecule has 0 bridgehead atoms. The minimum Gasteiger partial charge on any atom is -0.467 e. The molecule has 152 valence electrons. The lowest BCUT2D eigenvalue weighted by Gasteiger charge is -2.10. The van der Waals surface area contributed by atoms with Crippen molar-refractivity contribution in [1.82, 2.24) is 20.1 Å². The molecule has 1 N–H and O–H groups in total. The number of benzene rings is 2. The van der Waals surface area contributed by atoms with Gasteiger partial charge in [-0.05, 0) is 30.2 Å². The molecule has 0 radical (unpaired) electrons. The highest BCUT2D eigenvalue weighted by atomic mass is 32.2. The summed E-state index contributed by atoms with van der Waals surface area (Å²) in [5.41, 5.74) is 3.24. The molecular formula is C23H22N4O2S. The predicted molar refractivity (Wildman–Crippen MR) is 117 cm³/mol. The van der Waals surface area contributed by atoms with E-state index in [0.717, 1.165) is 28.3 Å². The van der Waals surface area contributed by atoms with E-state index in [0.29, 0.717) is 18.2 Å². The van der Waals surface area contributed by atoms with Crippen LogP contribution in [-0.2, 0) is 17.9 Å². The van der Waals surface area contributed by atoms with Crippen molar-refractivity contribution in [3.8, 4) is 11.4 Å². The van der Waals surface area contributed by atoms with E-state index in [-0.39, 0.29) is 11.7 Å². The first-order valence-electron chi connectivity index (χ1n) is 9.65. The van der Waals surface area contributed by atoms with Gasteiger partial charge in [0.2, 0.25) is 5.91 Å². The number of hydrogen-bond donors (Lipinski definition) is 1. The van der Waals surface area contributed by atoms with Crippen molar-refractivity contribution in [1.29, 1.82) is 0 Å². The summed E-state index contributed by atoms with van der Waals surface area (Å²) >= 11 is 1.37. The third kappa shape index (κ3) is 4.80. The van der Waals surface area contributed by atoms with Gasteiger partial charge in [-0.15, -0.1) is 10.2 Å². The second kappa shape index (κ2) is 9.45. The zero-order valence-corrected chi connectivity index (χ0v) is 17.4. The van der Waals surface area contributed by atoms with Crippen LogP contribution >= 0.6 is 11.8 Å². The van der Waals surface area contributed by atoms with Gasteiger partial charge in [0.05, 0.1) is 18.6 Å². The highest BCUT2D eigenvalue weighted by Crippen LogP contribution is 2.25. The van der Waals surface area contributed by atoms with Crippen LogP contribution in [0.1, 0.15) is 16.9 Å². The van der Waals surface area contributed by atoms with Gasteiger partial charge >= 0.3 is 0 Å². The third-order valence-electron chi connectivity index (χ3n) is 4.71. The Hall–Kier alpha value is -3.32. The third-order valence-corrected chi connectivity index (χ3v) is 5.68. The molecule has 2 heterocycles. The van der Waals surface area contributed by atoms with Crippen LogP contribution in [0.4, 0.5) is 0 Å². The molecule has 6 nitrogen and oxygen atoms in total. The highest BCUT2D eigenvalue weighted by Gasteiger charge is 2.17. The van der Waals surface area contributed by atoms with Crippen LogP contribution in [0, 0.1) is 6.92 Å². The van der Waals surface area contributed by atoms with Crippen molar-refractivity contribution in [2.24, 2.45) is 0 Å². The molecule has 0 unspecified atom stereocenters. The summed E-state index contributed by atoms with van der Waals surface area (Å²) in [4.78, 5) is 12.4. The summed E-state index contributed by atoms with van der Waals surface area (Å²) < 4.78 is 7.49. The van der Waals surface area contributed by atoms with E-state index in [1.54, 1.807) is 6.26 Å². The molecule has 0 atom stereocenters. The van der Waals surface area contributed by atoms with E-state index < -0.39 is 0 Å². The van der Waals surface area contributed by atoms with Gasteiger partial charge in [-0.3, -0.25) is 9.36 Å². The number of thioether (sulfide) groups is 1. The van der Waals surface area contributed by atoms with E-state index in [4.69, 9.17) is 4.42 Å². The normalized spacial score (nSPS) is 10.8. The van der Waals surface area contributed by atoms with E-state index in [1.165, 1.54) is 11.8 Å². The summed E-state index contributed by atoms with van der Waals surface area (Å²) in [6.07, 6.45) is 1.65. The molecule has 30 heavy (non-hydrogen) atoms. The number of carbonyl (C=O) groups is 1. The fourth-order valence-corrected chi connectivity index (χ4v) is 3.85. The zero-order valence-electron chi connectivity index (χ0n) is 16.6. The van der Waals surface area contributed by atoms with Crippen LogP contribution in [0.15, 0.2) is 82.6 Å². The molecule has 0 fully saturated rings. The predicted octanol–water partition coefficient (Wildman–Crippen LogP) is 4.30. The summed E-state index contributed by atoms with van der Waals surface area (Å²) in [7, 11) is 0. The van der Waals surface area contributed by atoms with Crippen LogP contribution in [0.3, 0.4) is 0 Å². The Bertz CT molecular complexity index is 1110. The smallest absolute Gasteiger partial charge is 0.230 e. The Morgan fingerprint density at radius 1 is 1.03 bits per heavy atom. The molecule has 7 heteroatoms. The van der Waals surface area contributed by atoms with Crippen molar-refractivity contribution in [3.05, 3.63) is 89.9 Å². The van der Waals surface area contributed by atoms with Crippen molar-refractivity contribution in [2.45, 2.75) is 25.2 Å². The molecule has 0 aliphatic carbocycles. The number of nitrogens with one attached hydrogen (secondary N) is 1. The monoisotopic (exact) mass is 418 g/mol. The van der Waals surface area contributed by atoms with Crippen LogP contribution < -0.4 is 5.32 Å². The maximum atomic E-state index is 12.4. The van der Waals surface area contributed by atoms with Gasteiger partial charge in [0.1, 0.15) is 5.76 Å². The largest absolute Gasteiger partial charge is 0.467 e. The second-order valence-corrected chi connectivity index (χ2v) is 7.77. The zero-order chi connectivity index (χ0) is 20.8. The maximum Gasteiger partial charge on any atom is 0.230 e. The maximum absolute atomic E-state index is 12.4. The Kier molecular flexibility index (Phi) is 6.29. The average molecular weight is 419 g/mol. The fourth-order valence-electron chi connectivity index (χ4n) is 3.08. The number of aryl methyl sites for hydroxylation is 1. The lowest BCUT2D eigenvalue weighted by Crippen LogP contribution is -2.25. The Morgan fingerprint density at radius 2 is 1.83 bits per heavy atom.